The zero-order valence-corrected chi connectivity index (χ0v) is 11.7. The van der Waals surface area contributed by atoms with Gasteiger partial charge in [0, 0.05) is 25.7 Å². The van der Waals surface area contributed by atoms with E-state index >= 15 is 0 Å². The third-order valence-corrected chi connectivity index (χ3v) is 3.67. The smallest absolute Gasteiger partial charge is 0.217 e. The maximum atomic E-state index is 10.9. The monoisotopic (exact) mass is 262 g/mol. The van der Waals surface area contributed by atoms with Crippen molar-refractivity contribution in [3.8, 4) is 0 Å². The van der Waals surface area contributed by atoms with Crippen LogP contribution in [0.3, 0.4) is 0 Å². The molecule has 19 heavy (non-hydrogen) atoms. The number of primary amides is 1. The van der Waals surface area contributed by atoms with Crippen LogP contribution in [0.5, 0.6) is 0 Å². The highest BCUT2D eigenvalue weighted by molar-refractivity contribution is 5.73. The summed E-state index contributed by atoms with van der Waals surface area (Å²) in [6.45, 7) is 5.93. The second kappa shape index (κ2) is 5.99. The Hall–Kier alpha value is -1.65. The second-order valence-corrected chi connectivity index (χ2v) is 5.38. The van der Waals surface area contributed by atoms with E-state index < -0.39 is 0 Å². The number of hydrogen-bond acceptors (Lipinski definition) is 4. The summed E-state index contributed by atoms with van der Waals surface area (Å²) in [6.07, 6.45) is 5.47. The van der Waals surface area contributed by atoms with Gasteiger partial charge in [-0.15, -0.1) is 0 Å². The topological polar surface area (TPSA) is 72.1 Å². The van der Waals surface area contributed by atoms with Gasteiger partial charge in [-0.3, -0.25) is 9.78 Å². The Labute approximate surface area is 114 Å². The highest BCUT2D eigenvalue weighted by Crippen LogP contribution is 2.26. The van der Waals surface area contributed by atoms with Crippen molar-refractivity contribution in [3.05, 3.63) is 17.6 Å². The lowest BCUT2D eigenvalue weighted by molar-refractivity contribution is -0.118. The minimum Gasteiger partial charge on any atom is -0.370 e. The summed E-state index contributed by atoms with van der Waals surface area (Å²) < 4.78 is 0. The maximum Gasteiger partial charge on any atom is 0.217 e. The van der Waals surface area contributed by atoms with Crippen LogP contribution >= 0.6 is 0 Å². The van der Waals surface area contributed by atoms with Crippen molar-refractivity contribution in [1.82, 2.24) is 9.97 Å². The van der Waals surface area contributed by atoms with Crippen molar-refractivity contribution in [2.45, 2.75) is 39.5 Å². The maximum absolute atomic E-state index is 10.9. The van der Waals surface area contributed by atoms with Crippen LogP contribution in [0.25, 0.3) is 0 Å². The predicted octanol–water partition coefficient (Wildman–Crippen LogP) is 1.58. The number of nitrogens with two attached hydrogens (primary N) is 1. The lowest BCUT2D eigenvalue weighted by atomic mass is 9.93. The fraction of sp³-hybridized carbons (Fsp3) is 0.643. The molecule has 1 atom stereocenters. The van der Waals surface area contributed by atoms with Gasteiger partial charge in [-0.05, 0) is 39.0 Å². The molecule has 0 aromatic carbocycles. The van der Waals surface area contributed by atoms with E-state index in [4.69, 9.17) is 5.73 Å². The quantitative estimate of drug-likeness (QED) is 0.894. The summed E-state index contributed by atoms with van der Waals surface area (Å²) in [7, 11) is 0. The van der Waals surface area contributed by atoms with Gasteiger partial charge < -0.3 is 10.6 Å². The fourth-order valence-corrected chi connectivity index (χ4v) is 2.66. The number of amides is 1. The molecule has 5 nitrogen and oxygen atoms in total. The molecule has 0 saturated carbocycles. The molecule has 1 aromatic rings. The van der Waals surface area contributed by atoms with Crippen LogP contribution in [-0.4, -0.2) is 29.0 Å². The third kappa shape index (κ3) is 3.66. The highest BCUT2D eigenvalue weighted by Gasteiger charge is 2.22. The molecule has 1 amide bonds. The van der Waals surface area contributed by atoms with Crippen molar-refractivity contribution in [3.63, 3.8) is 0 Å². The highest BCUT2D eigenvalue weighted by atomic mass is 16.1. The lowest BCUT2D eigenvalue weighted by Gasteiger charge is -2.34. The Morgan fingerprint density at radius 1 is 1.53 bits per heavy atom. The summed E-state index contributed by atoms with van der Waals surface area (Å²) in [5.74, 6) is 1.32. The standard InChI is InChI=1S/C14H22N4O/c1-10-8-16-11(2)14(17-10)18-7-3-4-12(9-18)5-6-13(15)19/h8,12H,3-7,9H2,1-2H3,(H2,15,19)/t12-/m1/s1. The summed E-state index contributed by atoms with van der Waals surface area (Å²) in [5, 5.41) is 0. The molecule has 1 aliphatic heterocycles. The van der Waals surface area contributed by atoms with Crippen LogP contribution < -0.4 is 10.6 Å². The lowest BCUT2D eigenvalue weighted by Crippen LogP contribution is -2.37. The minimum atomic E-state index is -0.205. The number of aromatic nitrogens is 2. The fourth-order valence-electron chi connectivity index (χ4n) is 2.66. The molecule has 5 heteroatoms. The van der Waals surface area contributed by atoms with Crippen LogP contribution in [0.2, 0.25) is 0 Å². The molecule has 1 fully saturated rings. The van der Waals surface area contributed by atoms with Crippen molar-refractivity contribution >= 4 is 11.7 Å². The molecule has 2 heterocycles. The predicted molar refractivity (Wildman–Crippen MR) is 74.9 cm³/mol. The average Bonchev–Trinajstić information content (AvgIpc) is 2.39. The Balaban J connectivity index is 2.04. The van der Waals surface area contributed by atoms with Gasteiger partial charge in [-0.1, -0.05) is 0 Å². The zero-order valence-electron chi connectivity index (χ0n) is 11.7. The van der Waals surface area contributed by atoms with Crippen LogP contribution in [0.15, 0.2) is 6.20 Å². The van der Waals surface area contributed by atoms with E-state index in [2.05, 4.69) is 14.9 Å². The zero-order chi connectivity index (χ0) is 13.8. The van der Waals surface area contributed by atoms with E-state index in [1.807, 2.05) is 13.8 Å². The van der Waals surface area contributed by atoms with Gasteiger partial charge in [0.05, 0.1) is 11.4 Å². The Morgan fingerprint density at radius 3 is 3.05 bits per heavy atom. The number of piperidine rings is 1. The van der Waals surface area contributed by atoms with Crippen molar-refractivity contribution in [1.29, 1.82) is 0 Å². The van der Waals surface area contributed by atoms with Gasteiger partial charge in [0.1, 0.15) is 5.82 Å². The van der Waals surface area contributed by atoms with Gasteiger partial charge >= 0.3 is 0 Å². The molecule has 2 N–H and O–H groups in total. The van der Waals surface area contributed by atoms with Gasteiger partial charge in [0.15, 0.2) is 0 Å². The Morgan fingerprint density at radius 2 is 2.32 bits per heavy atom. The summed E-state index contributed by atoms with van der Waals surface area (Å²) in [4.78, 5) is 22.1. The summed E-state index contributed by atoms with van der Waals surface area (Å²) in [5.41, 5.74) is 7.14. The number of rotatable bonds is 4. The normalized spacial score (nSPS) is 19.5. The van der Waals surface area contributed by atoms with Crippen molar-refractivity contribution < 1.29 is 4.79 Å². The van der Waals surface area contributed by atoms with E-state index in [9.17, 15) is 4.79 Å². The number of hydrogen-bond donors (Lipinski definition) is 1. The van der Waals surface area contributed by atoms with Crippen molar-refractivity contribution in [2.75, 3.05) is 18.0 Å². The first-order valence-corrected chi connectivity index (χ1v) is 6.89. The largest absolute Gasteiger partial charge is 0.370 e. The van der Waals surface area contributed by atoms with Gasteiger partial charge in [-0.25, -0.2) is 4.98 Å². The van der Waals surface area contributed by atoms with Crippen LogP contribution in [0.1, 0.15) is 37.1 Å². The van der Waals surface area contributed by atoms with Crippen LogP contribution in [0, 0.1) is 19.8 Å². The second-order valence-electron chi connectivity index (χ2n) is 5.38. The third-order valence-electron chi connectivity index (χ3n) is 3.67. The first-order valence-electron chi connectivity index (χ1n) is 6.89. The van der Waals surface area contributed by atoms with Crippen molar-refractivity contribution in [2.24, 2.45) is 11.7 Å². The summed E-state index contributed by atoms with van der Waals surface area (Å²) in [6, 6.07) is 0. The number of aryl methyl sites for hydroxylation is 2. The molecular weight excluding hydrogens is 240 g/mol. The van der Waals surface area contributed by atoms with E-state index in [1.54, 1.807) is 6.20 Å². The molecule has 104 valence electrons. The van der Waals surface area contributed by atoms with E-state index in [0.29, 0.717) is 12.3 Å². The first-order chi connectivity index (χ1) is 9.06. The first kappa shape index (κ1) is 13.8. The molecule has 1 aromatic heterocycles. The van der Waals surface area contributed by atoms with E-state index in [0.717, 1.165) is 43.1 Å². The molecule has 1 aliphatic rings. The SMILES string of the molecule is Cc1cnc(C)c(N2CCC[C@H](CCC(N)=O)C2)n1. The van der Waals surface area contributed by atoms with Gasteiger partial charge in [0.25, 0.3) is 0 Å². The minimum absolute atomic E-state index is 0.205. The molecule has 0 unspecified atom stereocenters. The molecule has 0 bridgehead atoms. The number of carbonyl (C=O) groups is 1. The van der Waals surface area contributed by atoms with Gasteiger partial charge in [-0.2, -0.15) is 0 Å². The van der Waals surface area contributed by atoms with Crippen LogP contribution in [-0.2, 0) is 4.79 Å². The van der Waals surface area contributed by atoms with E-state index in [1.165, 1.54) is 6.42 Å². The number of nitrogens with zero attached hydrogens (tertiary/aromatic N) is 3. The number of anilines is 1. The Kier molecular flexibility index (Phi) is 4.35. The molecule has 1 saturated heterocycles. The molecule has 0 spiro atoms. The molecular formula is C14H22N4O. The summed E-state index contributed by atoms with van der Waals surface area (Å²) >= 11 is 0. The molecule has 2 rings (SSSR count). The Bertz CT molecular complexity index is 461. The average molecular weight is 262 g/mol. The number of carbonyl (C=O) groups excluding carboxylic acids is 1. The van der Waals surface area contributed by atoms with Crippen LogP contribution in [0.4, 0.5) is 5.82 Å². The molecule has 0 aliphatic carbocycles. The van der Waals surface area contributed by atoms with E-state index in [-0.39, 0.29) is 5.91 Å². The van der Waals surface area contributed by atoms with Gasteiger partial charge in [0.2, 0.25) is 5.91 Å². The molecule has 0 radical (unpaired) electrons.